The number of halogens is 1. The molecule has 3 heteroatoms. The normalized spacial score (nSPS) is 17.7. The van der Waals surface area contributed by atoms with E-state index in [1.807, 2.05) is 0 Å². The van der Waals surface area contributed by atoms with E-state index in [2.05, 4.69) is 18.3 Å². The van der Waals surface area contributed by atoms with Crippen molar-refractivity contribution in [1.29, 1.82) is 5.26 Å². The third-order valence-corrected chi connectivity index (χ3v) is 4.10. The van der Waals surface area contributed by atoms with Crippen molar-refractivity contribution in [3.05, 3.63) is 29.6 Å². The third-order valence-electron chi connectivity index (χ3n) is 4.10. The zero-order valence-electron chi connectivity index (χ0n) is 11.5. The van der Waals surface area contributed by atoms with Gasteiger partial charge in [0.1, 0.15) is 11.9 Å². The molecule has 2 nitrogen and oxygen atoms in total. The molecule has 1 unspecified atom stereocenters. The predicted molar refractivity (Wildman–Crippen MR) is 75.4 cm³/mol. The average molecular weight is 260 g/mol. The second kappa shape index (κ2) is 6.56. The van der Waals surface area contributed by atoms with E-state index in [9.17, 15) is 4.39 Å². The van der Waals surface area contributed by atoms with E-state index in [0.29, 0.717) is 17.5 Å². The molecule has 19 heavy (non-hydrogen) atoms. The highest BCUT2D eigenvalue weighted by Gasteiger charge is 2.22. The van der Waals surface area contributed by atoms with Crippen LogP contribution in [0.1, 0.15) is 51.0 Å². The molecule has 1 aromatic rings. The molecule has 0 aromatic heterocycles. The van der Waals surface area contributed by atoms with E-state index in [1.54, 1.807) is 6.07 Å². The number of rotatable bonds is 4. The Balaban J connectivity index is 2.11. The van der Waals surface area contributed by atoms with Gasteiger partial charge in [0.25, 0.3) is 0 Å². The van der Waals surface area contributed by atoms with Crippen LogP contribution in [0, 0.1) is 23.1 Å². The zero-order chi connectivity index (χ0) is 13.7. The van der Waals surface area contributed by atoms with E-state index in [0.717, 1.165) is 12.1 Å². The molecule has 102 valence electrons. The third kappa shape index (κ3) is 3.47. The number of nitrogens with one attached hydrogen (secondary N) is 1. The van der Waals surface area contributed by atoms with Crippen molar-refractivity contribution in [2.75, 3.05) is 5.32 Å². The Labute approximate surface area is 114 Å². The van der Waals surface area contributed by atoms with Crippen molar-refractivity contribution in [3.63, 3.8) is 0 Å². The number of anilines is 1. The molecule has 1 fully saturated rings. The van der Waals surface area contributed by atoms with Crippen LogP contribution in [0.5, 0.6) is 0 Å². The van der Waals surface area contributed by atoms with E-state index in [4.69, 9.17) is 5.26 Å². The standard InChI is InChI=1S/C16H21FN2/c1-2-15(12-6-4-3-5-7-12)19-16-9-8-14(17)10-13(16)11-18/h8-10,12,15,19H,2-7H2,1H3. The fourth-order valence-corrected chi connectivity index (χ4v) is 3.02. The lowest BCUT2D eigenvalue weighted by Gasteiger charge is -2.31. The summed E-state index contributed by atoms with van der Waals surface area (Å²) >= 11 is 0. The van der Waals surface area contributed by atoms with Crippen LogP contribution >= 0.6 is 0 Å². The molecular weight excluding hydrogens is 239 g/mol. The van der Waals surface area contributed by atoms with Gasteiger partial charge in [-0.3, -0.25) is 0 Å². The Bertz CT molecular complexity index is 458. The van der Waals surface area contributed by atoms with E-state index in [1.165, 1.54) is 44.2 Å². The number of nitrogens with zero attached hydrogens (tertiary/aromatic N) is 1. The molecule has 0 amide bonds. The predicted octanol–water partition coefficient (Wildman–Crippen LogP) is 4.47. The van der Waals surface area contributed by atoms with Gasteiger partial charge < -0.3 is 5.32 Å². The summed E-state index contributed by atoms with van der Waals surface area (Å²) in [6, 6.07) is 6.85. The summed E-state index contributed by atoms with van der Waals surface area (Å²) in [7, 11) is 0. The molecule has 1 aliphatic carbocycles. The topological polar surface area (TPSA) is 35.8 Å². The zero-order valence-corrected chi connectivity index (χ0v) is 11.5. The monoisotopic (exact) mass is 260 g/mol. The summed E-state index contributed by atoms with van der Waals surface area (Å²) in [6.45, 7) is 2.17. The van der Waals surface area contributed by atoms with Crippen LogP contribution in [-0.4, -0.2) is 6.04 Å². The minimum absolute atomic E-state index is 0.354. The van der Waals surface area contributed by atoms with Crippen molar-refractivity contribution in [2.45, 2.75) is 51.5 Å². The largest absolute Gasteiger partial charge is 0.381 e. The van der Waals surface area contributed by atoms with Crippen molar-refractivity contribution in [2.24, 2.45) is 5.92 Å². The van der Waals surface area contributed by atoms with Crippen molar-refractivity contribution >= 4 is 5.69 Å². The summed E-state index contributed by atoms with van der Waals surface area (Å²) in [5.41, 5.74) is 1.16. The molecular formula is C16H21FN2. The first-order valence-corrected chi connectivity index (χ1v) is 7.20. The van der Waals surface area contributed by atoms with Crippen LogP contribution in [0.25, 0.3) is 0 Å². The van der Waals surface area contributed by atoms with Gasteiger partial charge in [-0.15, -0.1) is 0 Å². The minimum atomic E-state index is -0.354. The second-order valence-corrected chi connectivity index (χ2v) is 5.36. The van der Waals surface area contributed by atoms with Gasteiger partial charge in [-0.05, 0) is 43.4 Å². The summed E-state index contributed by atoms with van der Waals surface area (Å²) in [4.78, 5) is 0. The Kier molecular flexibility index (Phi) is 4.79. The average Bonchev–Trinajstić information content (AvgIpc) is 2.46. The SMILES string of the molecule is CCC(Nc1ccc(F)cc1C#N)C1CCCCC1. The fourth-order valence-electron chi connectivity index (χ4n) is 3.02. The highest BCUT2D eigenvalue weighted by Crippen LogP contribution is 2.30. The van der Waals surface area contributed by atoms with E-state index in [-0.39, 0.29) is 5.82 Å². The maximum Gasteiger partial charge on any atom is 0.124 e. The van der Waals surface area contributed by atoms with Crippen molar-refractivity contribution in [1.82, 2.24) is 0 Å². The quantitative estimate of drug-likeness (QED) is 0.867. The van der Waals surface area contributed by atoms with E-state index < -0.39 is 0 Å². The van der Waals surface area contributed by atoms with Gasteiger partial charge in [0.15, 0.2) is 0 Å². The molecule has 0 spiro atoms. The summed E-state index contributed by atoms with van der Waals surface area (Å²) in [5.74, 6) is 0.322. The molecule has 1 aliphatic rings. The molecule has 0 radical (unpaired) electrons. The summed E-state index contributed by atoms with van der Waals surface area (Å²) in [5, 5.41) is 12.5. The number of hydrogen-bond donors (Lipinski definition) is 1. The first-order chi connectivity index (χ1) is 9.24. The first kappa shape index (κ1) is 13.9. The van der Waals surface area contributed by atoms with Crippen LogP contribution in [0.4, 0.5) is 10.1 Å². The molecule has 0 aliphatic heterocycles. The van der Waals surface area contributed by atoms with Crippen molar-refractivity contribution < 1.29 is 4.39 Å². The minimum Gasteiger partial charge on any atom is -0.381 e. The molecule has 0 bridgehead atoms. The Morgan fingerprint density at radius 2 is 2.11 bits per heavy atom. The molecule has 1 N–H and O–H groups in total. The summed E-state index contributed by atoms with van der Waals surface area (Å²) in [6.07, 6.45) is 7.50. The lowest BCUT2D eigenvalue weighted by atomic mass is 9.83. The van der Waals surface area contributed by atoms with Crippen LogP contribution in [0.2, 0.25) is 0 Å². The van der Waals surface area contributed by atoms with Gasteiger partial charge in [0, 0.05) is 6.04 Å². The van der Waals surface area contributed by atoms with Crippen LogP contribution in [0.3, 0.4) is 0 Å². The Hall–Kier alpha value is -1.56. The van der Waals surface area contributed by atoms with E-state index >= 15 is 0 Å². The van der Waals surface area contributed by atoms with Crippen LogP contribution in [-0.2, 0) is 0 Å². The van der Waals surface area contributed by atoms with Gasteiger partial charge in [-0.2, -0.15) is 5.26 Å². The van der Waals surface area contributed by atoms with Crippen molar-refractivity contribution in [3.8, 4) is 6.07 Å². The van der Waals surface area contributed by atoms with Gasteiger partial charge in [-0.1, -0.05) is 26.2 Å². The second-order valence-electron chi connectivity index (χ2n) is 5.36. The maximum absolute atomic E-state index is 13.1. The molecule has 1 aromatic carbocycles. The van der Waals surface area contributed by atoms with Gasteiger partial charge in [0.2, 0.25) is 0 Å². The Morgan fingerprint density at radius 1 is 1.37 bits per heavy atom. The lowest BCUT2D eigenvalue weighted by Crippen LogP contribution is -2.30. The molecule has 1 atom stereocenters. The molecule has 1 saturated carbocycles. The van der Waals surface area contributed by atoms with Crippen LogP contribution in [0.15, 0.2) is 18.2 Å². The molecule has 0 heterocycles. The number of nitriles is 1. The fraction of sp³-hybridized carbons (Fsp3) is 0.562. The lowest BCUT2D eigenvalue weighted by molar-refractivity contribution is 0.313. The van der Waals surface area contributed by atoms with Gasteiger partial charge in [0.05, 0.1) is 11.3 Å². The van der Waals surface area contributed by atoms with Gasteiger partial charge >= 0.3 is 0 Å². The maximum atomic E-state index is 13.1. The van der Waals surface area contributed by atoms with Gasteiger partial charge in [-0.25, -0.2) is 4.39 Å². The summed E-state index contributed by atoms with van der Waals surface area (Å²) < 4.78 is 13.1. The number of hydrogen-bond acceptors (Lipinski definition) is 2. The first-order valence-electron chi connectivity index (χ1n) is 7.20. The highest BCUT2D eigenvalue weighted by molar-refractivity contribution is 5.58. The smallest absolute Gasteiger partial charge is 0.124 e. The molecule has 2 rings (SSSR count). The number of benzene rings is 1. The van der Waals surface area contributed by atoms with Crippen LogP contribution < -0.4 is 5.32 Å². The molecule has 0 saturated heterocycles. The Morgan fingerprint density at radius 3 is 2.74 bits per heavy atom. The highest BCUT2D eigenvalue weighted by atomic mass is 19.1.